The maximum Gasteiger partial charge on any atom is 0.234 e. The number of rotatable bonds is 14. The minimum atomic E-state index is -0.201. The zero-order chi connectivity index (χ0) is 14.3. The molecule has 0 aliphatic carbocycles. The van der Waals surface area contributed by atoms with Crippen LogP contribution in [0.2, 0.25) is 0 Å². The normalized spacial score (nSPS) is 12.5. The monoisotopic (exact) mass is 270 g/mol. The average Bonchev–Trinajstić information content (AvgIpc) is 2.39. The summed E-state index contributed by atoms with van der Waals surface area (Å²) in [6, 6.07) is -0.121. The first-order valence-electron chi connectivity index (χ1n) is 8.25. The molecule has 3 nitrogen and oxygen atoms in total. The highest BCUT2D eigenvalue weighted by atomic mass is 16.1. The van der Waals surface area contributed by atoms with Crippen LogP contribution in [0.5, 0.6) is 0 Å². The van der Waals surface area contributed by atoms with E-state index in [0.717, 1.165) is 32.2 Å². The summed E-state index contributed by atoms with van der Waals surface area (Å²) in [4.78, 5) is 11.2. The van der Waals surface area contributed by atoms with Crippen LogP contribution in [0.3, 0.4) is 0 Å². The molecule has 0 aromatic carbocycles. The van der Waals surface area contributed by atoms with E-state index in [-0.39, 0.29) is 11.9 Å². The van der Waals surface area contributed by atoms with E-state index in [1.165, 1.54) is 44.9 Å². The fraction of sp³-hybridized carbons (Fsp3) is 0.938. The largest absolute Gasteiger partial charge is 0.368 e. The zero-order valence-electron chi connectivity index (χ0n) is 13.0. The molecule has 1 amide bonds. The van der Waals surface area contributed by atoms with Crippen LogP contribution in [0.15, 0.2) is 0 Å². The molecule has 19 heavy (non-hydrogen) atoms. The standard InChI is InChI=1S/C16H34N2O/c1-3-5-7-8-9-10-11-12-14-18-15(16(17)19)13-6-4-2/h15,18H,3-14H2,1-2H3,(H2,17,19). The second kappa shape index (κ2) is 13.9. The van der Waals surface area contributed by atoms with Gasteiger partial charge in [0.25, 0.3) is 0 Å². The lowest BCUT2D eigenvalue weighted by molar-refractivity contribution is -0.120. The van der Waals surface area contributed by atoms with Gasteiger partial charge in [-0.2, -0.15) is 0 Å². The molecule has 1 unspecified atom stereocenters. The van der Waals surface area contributed by atoms with Gasteiger partial charge in [0.15, 0.2) is 0 Å². The molecule has 0 aromatic rings. The van der Waals surface area contributed by atoms with E-state index >= 15 is 0 Å². The van der Waals surface area contributed by atoms with E-state index in [1.807, 2.05) is 0 Å². The number of carbonyl (C=O) groups excluding carboxylic acids is 1. The average molecular weight is 270 g/mol. The lowest BCUT2D eigenvalue weighted by Gasteiger charge is -2.14. The molecule has 0 saturated carbocycles. The van der Waals surface area contributed by atoms with Crippen LogP contribution in [0.1, 0.15) is 84.5 Å². The van der Waals surface area contributed by atoms with Gasteiger partial charge in [-0.25, -0.2) is 0 Å². The van der Waals surface area contributed by atoms with Crippen LogP contribution in [-0.4, -0.2) is 18.5 Å². The van der Waals surface area contributed by atoms with Crippen molar-refractivity contribution in [1.29, 1.82) is 0 Å². The van der Waals surface area contributed by atoms with Crippen molar-refractivity contribution in [3.05, 3.63) is 0 Å². The highest BCUT2D eigenvalue weighted by Gasteiger charge is 2.12. The number of hydrogen-bond acceptors (Lipinski definition) is 2. The molecule has 0 spiro atoms. The van der Waals surface area contributed by atoms with Crippen LogP contribution >= 0.6 is 0 Å². The van der Waals surface area contributed by atoms with Crippen molar-refractivity contribution in [2.45, 2.75) is 90.5 Å². The minimum absolute atomic E-state index is 0.121. The quantitative estimate of drug-likeness (QED) is 0.472. The molecule has 0 heterocycles. The predicted octanol–water partition coefficient (Wildman–Crippen LogP) is 3.76. The third-order valence-electron chi connectivity index (χ3n) is 3.61. The van der Waals surface area contributed by atoms with E-state index in [0.29, 0.717) is 0 Å². The molecule has 0 radical (unpaired) electrons. The number of carbonyl (C=O) groups is 1. The molecule has 0 aliphatic heterocycles. The predicted molar refractivity (Wildman–Crippen MR) is 83.1 cm³/mol. The van der Waals surface area contributed by atoms with Crippen molar-refractivity contribution >= 4 is 5.91 Å². The summed E-state index contributed by atoms with van der Waals surface area (Å²) in [5, 5.41) is 3.29. The molecule has 0 aliphatic rings. The molecule has 114 valence electrons. The number of nitrogens with one attached hydrogen (secondary N) is 1. The van der Waals surface area contributed by atoms with E-state index < -0.39 is 0 Å². The Labute approximate surface area is 119 Å². The third-order valence-corrected chi connectivity index (χ3v) is 3.61. The van der Waals surface area contributed by atoms with Crippen LogP contribution < -0.4 is 11.1 Å². The smallest absolute Gasteiger partial charge is 0.234 e. The first-order chi connectivity index (χ1) is 9.22. The lowest BCUT2D eigenvalue weighted by atomic mass is 10.1. The Kier molecular flexibility index (Phi) is 13.4. The fourth-order valence-electron chi connectivity index (χ4n) is 2.29. The number of hydrogen-bond donors (Lipinski definition) is 2. The van der Waals surface area contributed by atoms with Gasteiger partial charge in [-0.05, 0) is 19.4 Å². The van der Waals surface area contributed by atoms with Crippen molar-refractivity contribution in [2.75, 3.05) is 6.54 Å². The Bertz CT molecular complexity index is 207. The van der Waals surface area contributed by atoms with Gasteiger partial charge in [0.05, 0.1) is 6.04 Å². The van der Waals surface area contributed by atoms with Crippen molar-refractivity contribution < 1.29 is 4.79 Å². The molecular formula is C16H34N2O. The van der Waals surface area contributed by atoms with Crippen LogP contribution in [0.25, 0.3) is 0 Å². The Hall–Kier alpha value is -0.570. The summed E-state index contributed by atoms with van der Waals surface area (Å²) in [6.45, 7) is 5.31. The Balaban J connectivity index is 3.37. The molecule has 3 heteroatoms. The summed E-state index contributed by atoms with van der Waals surface area (Å²) in [5.41, 5.74) is 5.38. The molecule has 0 saturated heterocycles. The summed E-state index contributed by atoms with van der Waals surface area (Å²) in [7, 11) is 0. The van der Waals surface area contributed by atoms with Crippen molar-refractivity contribution in [3.8, 4) is 0 Å². The summed E-state index contributed by atoms with van der Waals surface area (Å²) in [5.74, 6) is -0.201. The molecule has 0 aromatic heterocycles. The van der Waals surface area contributed by atoms with Crippen LogP contribution in [0.4, 0.5) is 0 Å². The lowest BCUT2D eigenvalue weighted by Crippen LogP contribution is -2.41. The number of amides is 1. The van der Waals surface area contributed by atoms with Crippen molar-refractivity contribution in [1.82, 2.24) is 5.32 Å². The van der Waals surface area contributed by atoms with Gasteiger partial charge in [-0.1, -0.05) is 71.6 Å². The van der Waals surface area contributed by atoms with Gasteiger partial charge in [0.1, 0.15) is 0 Å². The molecule has 0 bridgehead atoms. The first-order valence-corrected chi connectivity index (χ1v) is 8.25. The Morgan fingerprint density at radius 2 is 1.42 bits per heavy atom. The van der Waals surface area contributed by atoms with E-state index in [9.17, 15) is 4.79 Å². The van der Waals surface area contributed by atoms with Gasteiger partial charge in [-0.3, -0.25) is 4.79 Å². The number of primary amides is 1. The number of unbranched alkanes of at least 4 members (excludes halogenated alkanes) is 8. The van der Waals surface area contributed by atoms with Gasteiger partial charge in [0, 0.05) is 0 Å². The van der Waals surface area contributed by atoms with Crippen molar-refractivity contribution in [2.24, 2.45) is 5.73 Å². The molecule has 0 rings (SSSR count). The highest BCUT2D eigenvalue weighted by molar-refractivity contribution is 5.79. The Morgan fingerprint density at radius 1 is 0.895 bits per heavy atom. The SMILES string of the molecule is CCCCCCCCCCNC(CCCC)C(N)=O. The van der Waals surface area contributed by atoms with Gasteiger partial charge in [0.2, 0.25) is 5.91 Å². The van der Waals surface area contributed by atoms with E-state index in [1.54, 1.807) is 0 Å². The van der Waals surface area contributed by atoms with E-state index in [4.69, 9.17) is 5.73 Å². The third kappa shape index (κ3) is 12.2. The van der Waals surface area contributed by atoms with Gasteiger partial charge >= 0.3 is 0 Å². The van der Waals surface area contributed by atoms with E-state index in [2.05, 4.69) is 19.2 Å². The van der Waals surface area contributed by atoms with Crippen LogP contribution in [0, 0.1) is 0 Å². The fourth-order valence-corrected chi connectivity index (χ4v) is 2.29. The summed E-state index contributed by atoms with van der Waals surface area (Å²) in [6.07, 6.45) is 13.6. The highest BCUT2D eigenvalue weighted by Crippen LogP contribution is 2.08. The number of nitrogens with two attached hydrogens (primary N) is 1. The summed E-state index contributed by atoms with van der Waals surface area (Å²) >= 11 is 0. The maximum atomic E-state index is 11.2. The maximum absolute atomic E-state index is 11.2. The minimum Gasteiger partial charge on any atom is -0.368 e. The zero-order valence-corrected chi connectivity index (χ0v) is 13.0. The summed E-state index contributed by atoms with van der Waals surface area (Å²) < 4.78 is 0. The van der Waals surface area contributed by atoms with Crippen LogP contribution in [-0.2, 0) is 4.79 Å². The van der Waals surface area contributed by atoms with Gasteiger partial charge in [-0.15, -0.1) is 0 Å². The molecular weight excluding hydrogens is 236 g/mol. The molecule has 3 N–H and O–H groups in total. The second-order valence-corrected chi connectivity index (χ2v) is 5.53. The molecule has 1 atom stereocenters. The second-order valence-electron chi connectivity index (χ2n) is 5.53. The topological polar surface area (TPSA) is 55.1 Å². The molecule has 0 fully saturated rings. The Morgan fingerprint density at radius 3 is 1.95 bits per heavy atom. The first kappa shape index (κ1) is 18.4. The van der Waals surface area contributed by atoms with Gasteiger partial charge < -0.3 is 11.1 Å². The van der Waals surface area contributed by atoms with Crippen molar-refractivity contribution in [3.63, 3.8) is 0 Å².